The molecule has 2 aromatic carbocycles. The third kappa shape index (κ3) is 4.02. The number of carbonyl (C=O) groups excluding carboxylic acids is 1. The van der Waals surface area contributed by atoms with E-state index in [1.807, 2.05) is 31.2 Å². The van der Waals surface area contributed by atoms with Crippen molar-refractivity contribution in [2.24, 2.45) is 0 Å². The number of amides is 1. The molecule has 1 amide bonds. The van der Waals surface area contributed by atoms with Gasteiger partial charge in [0.2, 0.25) is 0 Å². The fourth-order valence-corrected chi connectivity index (χ4v) is 2.80. The highest BCUT2D eigenvalue weighted by Gasteiger charge is 2.31. The van der Waals surface area contributed by atoms with Crippen LogP contribution < -0.4 is 0 Å². The highest BCUT2D eigenvalue weighted by atomic mass is 19.4. The lowest BCUT2D eigenvalue weighted by molar-refractivity contribution is -0.137. The van der Waals surface area contributed by atoms with Gasteiger partial charge in [-0.2, -0.15) is 13.2 Å². The largest absolute Gasteiger partial charge is 0.416 e. The number of alkyl halides is 3. The molecule has 2 aromatic rings. The van der Waals surface area contributed by atoms with E-state index in [1.165, 1.54) is 12.1 Å². The maximum atomic E-state index is 12.6. The summed E-state index contributed by atoms with van der Waals surface area (Å²) < 4.78 is 43.6. The fraction of sp³-hybridized carbons (Fsp3) is 0.316. The first-order valence-electron chi connectivity index (χ1n) is 7.99. The Morgan fingerprint density at radius 3 is 2.32 bits per heavy atom. The summed E-state index contributed by atoms with van der Waals surface area (Å²) in [4.78, 5) is 14.2. The van der Waals surface area contributed by atoms with E-state index in [-0.39, 0.29) is 17.6 Å². The average Bonchev–Trinajstić information content (AvgIpc) is 2.61. The van der Waals surface area contributed by atoms with Gasteiger partial charge in [0.15, 0.2) is 0 Å². The molecule has 3 nitrogen and oxygen atoms in total. The second kappa shape index (κ2) is 6.88. The lowest BCUT2D eigenvalue weighted by Crippen LogP contribution is -2.42. The molecule has 0 N–H and O–H groups in total. The molecule has 0 spiro atoms. The van der Waals surface area contributed by atoms with Gasteiger partial charge in [0.05, 0.1) is 18.7 Å². The monoisotopic (exact) mass is 349 g/mol. The zero-order chi connectivity index (χ0) is 18.0. The molecule has 0 radical (unpaired) electrons. The van der Waals surface area contributed by atoms with Gasteiger partial charge in [0.1, 0.15) is 6.10 Å². The van der Waals surface area contributed by atoms with Gasteiger partial charge in [0, 0.05) is 12.1 Å². The zero-order valence-electron chi connectivity index (χ0n) is 13.7. The van der Waals surface area contributed by atoms with Crippen LogP contribution in [0.15, 0.2) is 48.5 Å². The van der Waals surface area contributed by atoms with Crippen molar-refractivity contribution in [2.45, 2.75) is 19.2 Å². The Labute approximate surface area is 144 Å². The Balaban J connectivity index is 1.72. The van der Waals surface area contributed by atoms with Gasteiger partial charge in [-0.15, -0.1) is 0 Å². The standard InChI is InChI=1S/C19H18F3NO2/c1-13-2-4-14(5-3-13)17-12-23(10-11-25-17)18(24)15-6-8-16(9-7-15)19(20,21)22/h2-9,17H,10-12H2,1H3. The minimum atomic E-state index is -4.41. The maximum absolute atomic E-state index is 12.6. The molecule has 6 heteroatoms. The SMILES string of the molecule is Cc1ccc(C2CN(C(=O)c3ccc(C(F)(F)F)cc3)CCO2)cc1. The fourth-order valence-electron chi connectivity index (χ4n) is 2.80. The summed E-state index contributed by atoms with van der Waals surface area (Å²) in [7, 11) is 0. The van der Waals surface area contributed by atoms with Crippen molar-refractivity contribution in [2.75, 3.05) is 19.7 Å². The topological polar surface area (TPSA) is 29.5 Å². The second-order valence-corrected chi connectivity index (χ2v) is 6.10. The smallest absolute Gasteiger partial charge is 0.370 e. The number of rotatable bonds is 2. The molecule has 1 atom stereocenters. The van der Waals surface area contributed by atoms with Gasteiger partial charge in [-0.3, -0.25) is 4.79 Å². The molecule has 1 unspecified atom stereocenters. The Morgan fingerprint density at radius 2 is 1.72 bits per heavy atom. The van der Waals surface area contributed by atoms with Crippen molar-refractivity contribution in [3.05, 3.63) is 70.8 Å². The molecule has 1 aliphatic rings. The van der Waals surface area contributed by atoms with Crippen LogP contribution in [0, 0.1) is 6.92 Å². The Hall–Kier alpha value is -2.34. The molecule has 132 valence electrons. The van der Waals surface area contributed by atoms with E-state index >= 15 is 0 Å². The van der Waals surface area contributed by atoms with Gasteiger partial charge in [-0.05, 0) is 36.8 Å². The van der Waals surface area contributed by atoms with Crippen molar-refractivity contribution < 1.29 is 22.7 Å². The number of halogens is 3. The van der Waals surface area contributed by atoms with Crippen molar-refractivity contribution in [1.82, 2.24) is 4.90 Å². The van der Waals surface area contributed by atoms with Gasteiger partial charge in [-0.1, -0.05) is 29.8 Å². The molecule has 0 aliphatic carbocycles. The minimum absolute atomic E-state index is 0.229. The van der Waals surface area contributed by atoms with Crippen molar-refractivity contribution in [1.29, 1.82) is 0 Å². The molecule has 1 fully saturated rings. The molecule has 25 heavy (non-hydrogen) atoms. The van der Waals surface area contributed by atoms with Crippen LogP contribution in [0.1, 0.15) is 33.2 Å². The first-order valence-corrected chi connectivity index (χ1v) is 7.99. The van der Waals surface area contributed by atoms with E-state index < -0.39 is 11.7 Å². The van der Waals surface area contributed by atoms with Crippen molar-refractivity contribution >= 4 is 5.91 Å². The van der Waals surface area contributed by atoms with Gasteiger partial charge in [-0.25, -0.2) is 0 Å². The highest BCUT2D eigenvalue weighted by Crippen LogP contribution is 2.29. The summed E-state index contributed by atoms with van der Waals surface area (Å²) >= 11 is 0. The molecule has 3 rings (SSSR count). The van der Waals surface area contributed by atoms with Gasteiger partial charge >= 0.3 is 6.18 Å². The molecular formula is C19H18F3NO2. The molecule has 1 saturated heterocycles. The number of morpholine rings is 1. The van der Waals surface area contributed by atoms with Crippen LogP contribution in [0.4, 0.5) is 13.2 Å². The number of hydrogen-bond acceptors (Lipinski definition) is 2. The molecular weight excluding hydrogens is 331 g/mol. The van der Waals surface area contributed by atoms with E-state index in [4.69, 9.17) is 4.74 Å². The molecule has 1 aliphatic heterocycles. The minimum Gasteiger partial charge on any atom is -0.370 e. The molecule has 0 aromatic heterocycles. The normalized spacial score (nSPS) is 18.2. The summed E-state index contributed by atoms with van der Waals surface area (Å²) in [6, 6.07) is 12.2. The molecule has 0 saturated carbocycles. The van der Waals surface area contributed by atoms with E-state index in [0.29, 0.717) is 19.7 Å². The average molecular weight is 349 g/mol. The molecule has 1 heterocycles. The summed E-state index contributed by atoms with van der Waals surface area (Å²) in [6.07, 6.45) is -4.63. The number of aryl methyl sites for hydroxylation is 1. The number of ether oxygens (including phenoxy) is 1. The summed E-state index contributed by atoms with van der Waals surface area (Å²) in [5.41, 5.74) is 1.61. The second-order valence-electron chi connectivity index (χ2n) is 6.10. The summed E-state index contributed by atoms with van der Waals surface area (Å²) in [5.74, 6) is -0.283. The zero-order valence-corrected chi connectivity index (χ0v) is 13.7. The van der Waals surface area contributed by atoms with E-state index in [0.717, 1.165) is 23.3 Å². The van der Waals surface area contributed by atoms with E-state index in [2.05, 4.69) is 0 Å². The molecule has 0 bridgehead atoms. The lowest BCUT2D eigenvalue weighted by atomic mass is 10.0. The lowest BCUT2D eigenvalue weighted by Gasteiger charge is -2.33. The van der Waals surface area contributed by atoms with Crippen molar-refractivity contribution in [3.63, 3.8) is 0 Å². The maximum Gasteiger partial charge on any atom is 0.416 e. The third-order valence-corrected chi connectivity index (χ3v) is 4.26. The first kappa shape index (κ1) is 17.5. The van der Waals surface area contributed by atoms with Gasteiger partial charge < -0.3 is 9.64 Å². The Morgan fingerprint density at radius 1 is 1.08 bits per heavy atom. The predicted octanol–water partition coefficient (Wildman–Crippen LogP) is 4.23. The summed E-state index contributed by atoms with van der Waals surface area (Å²) in [5, 5.41) is 0. The first-order chi connectivity index (χ1) is 11.8. The van der Waals surface area contributed by atoms with Crippen LogP contribution in [0.25, 0.3) is 0 Å². The Kier molecular flexibility index (Phi) is 4.81. The summed E-state index contributed by atoms with van der Waals surface area (Å²) in [6.45, 7) is 3.18. The highest BCUT2D eigenvalue weighted by molar-refractivity contribution is 5.94. The number of hydrogen-bond donors (Lipinski definition) is 0. The van der Waals surface area contributed by atoms with Crippen LogP contribution in [-0.2, 0) is 10.9 Å². The van der Waals surface area contributed by atoms with Crippen LogP contribution in [0.5, 0.6) is 0 Å². The van der Waals surface area contributed by atoms with E-state index in [9.17, 15) is 18.0 Å². The van der Waals surface area contributed by atoms with Crippen LogP contribution in [0.2, 0.25) is 0 Å². The predicted molar refractivity (Wildman–Crippen MR) is 87.2 cm³/mol. The van der Waals surface area contributed by atoms with Gasteiger partial charge in [0.25, 0.3) is 5.91 Å². The van der Waals surface area contributed by atoms with Crippen LogP contribution >= 0.6 is 0 Å². The number of nitrogens with zero attached hydrogens (tertiary/aromatic N) is 1. The quantitative estimate of drug-likeness (QED) is 0.812. The van der Waals surface area contributed by atoms with Crippen LogP contribution in [0.3, 0.4) is 0 Å². The van der Waals surface area contributed by atoms with E-state index in [1.54, 1.807) is 4.90 Å². The van der Waals surface area contributed by atoms with Crippen LogP contribution in [-0.4, -0.2) is 30.5 Å². The number of carbonyl (C=O) groups is 1. The third-order valence-electron chi connectivity index (χ3n) is 4.26. The van der Waals surface area contributed by atoms with Crippen molar-refractivity contribution in [3.8, 4) is 0 Å². The number of benzene rings is 2. The Bertz CT molecular complexity index is 739.